The summed E-state index contributed by atoms with van der Waals surface area (Å²) >= 11 is 0. The van der Waals surface area contributed by atoms with Gasteiger partial charge in [-0.05, 0) is 12.1 Å². The molecule has 0 unspecified atom stereocenters. The average molecular weight is 346 g/mol. The Bertz CT molecular complexity index is 858. The maximum Gasteiger partial charge on any atom is 0.692 e. The van der Waals surface area contributed by atoms with E-state index in [1.54, 1.807) is 7.05 Å². The topological polar surface area (TPSA) is 144 Å². The quantitative estimate of drug-likeness (QED) is 0.444. The zero-order valence-corrected chi connectivity index (χ0v) is 13.1. The lowest BCUT2D eigenvalue weighted by atomic mass is 10.1. The summed E-state index contributed by atoms with van der Waals surface area (Å²) in [6.45, 7) is 1.51. The molecule has 0 atom stereocenters. The Labute approximate surface area is 129 Å². The lowest BCUT2D eigenvalue weighted by molar-refractivity contribution is -0.128. The van der Waals surface area contributed by atoms with E-state index in [0.717, 1.165) is 6.07 Å². The molecule has 2 aromatic rings. The molecule has 0 radical (unpaired) electrons. The van der Waals surface area contributed by atoms with Crippen LogP contribution in [0.2, 0.25) is 0 Å². The van der Waals surface area contributed by atoms with Crippen LogP contribution in [0.25, 0.3) is 11.0 Å². The number of H-pyrrole nitrogens is 2. The number of carbonyl (C=O) groups excluding carboxylic acids is 1. The van der Waals surface area contributed by atoms with Gasteiger partial charge in [-0.1, -0.05) is 0 Å². The Morgan fingerprint density at radius 3 is 2.30 bits per heavy atom. The first kappa shape index (κ1) is 18.6. The van der Waals surface area contributed by atoms with Crippen molar-refractivity contribution in [3.8, 4) is 0 Å². The van der Waals surface area contributed by atoms with Crippen LogP contribution in [0, 0.1) is 5.82 Å². The predicted molar refractivity (Wildman–Crippen MR) is 79.3 cm³/mol. The number of benzene rings is 1. The molecule has 0 aliphatic rings. The Morgan fingerprint density at radius 1 is 1.26 bits per heavy atom. The van der Waals surface area contributed by atoms with Crippen LogP contribution in [0.3, 0.4) is 0 Å². The van der Waals surface area contributed by atoms with E-state index in [9.17, 15) is 18.8 Å². The van der Waals surface area contributed by atoms with Crippen LogP contribution < -0.4 is 11.1 Å². The number of hydrogen-bond acceptors (Lipinski definition) is 4. The van der Waals surface area contributed by atoms with Crippen molar-refractivity contribution in [2.75, 3.05) is 7.05 Å². The summed E-state index contributed by atoms with van der Waals surface area (Å²) in [5, 5.41) is 0. The fraction of sp³-hybridized carbons (Fsp3) is 0.250. The molecule has 4 N–H and O–H groups in total. The minimum Gasteiger partial charge on any atom is -0.342 e. The van der Waals surface area contributed by atoms with Crippen LogP contribution in [-0.4, -0.2) is 37.6 Å². The van der Waals surface area contributed by atoms with Crippen molar-refractivity contribution in [3.63, 3.8) is 0 Å². The molecule has 0 bridgehead atoms. The highest BCUT2D eigenvalue weighted by Crippen LogP contribution is 2.16. The molecule has 0 aliphatic heterocycles. The smallest absolute Gasteiger partial charge is 0.342 e. The molecule has 1 aromatic carbocycles. The lowest BCUT2D eigenvalue weighted by Crippen LogP contribution is -2.30. The van der Waals surface area contributed by atoms with E-state index < -0.39 is 25.2 Å². The van der Waals surface area contributed by atoms with Crippen molar-refractivity contribution in [2.45, 2.75) is 13.5 Å². The Balaban J connectivity index is 0.000000593. The summed E-state index contributed by atoms with van der Waals surface area (Å²) in [6.07, 6.45) is 0. The van der Waals surface area contributed by atoms with Gasteiger partial charge >= 0.3 is 19.4 Å². The standard InChI is InChI=1S/C12H12FN3O3.HO3P/c1-6(17)16(2)5-7-3-8(13)4-9-10(7)15-12(19)11(18)14-9;1-4(2)3/h3-4H,5H2,1-2H3,(H,14,18)(H,15,19);(H-,1,2,3)/p+1. The first-order valence-corrected chi connectivity index (χ1v) is 7.29. The van der Waals surface area contributed by atoms with Gasteiger partial charge in [0.05, 0.1) is 11.0 Å². The molecule has 1 heterocycles. The molecule has 2 rings (SSSR count). The molecule has 1 amide bonds. The number of nitrogens with zero attached hydrogens (tertiary/aromatic N) is 1. The third-order valence-electron chi connectivity index (χ3n) is 2.82. The summed E-state index contributed by atoms with van der Waals surface area (Å²) in [5.41, 5.74) is -0.730. The third kappa shape index (κ3) is 5.37. The number of hydrogen-bond donors (Lipinski definition) is 4. The van der Waals surface area contributed by atoms with Crippen LogP contribution in [-0.2, 0) is 15.9 Å². The molecule has 11 heteroatoms. The van der Waals surface area contributed by atoms with Crippen molar-refractivity contribution in [1.29, 1.82) is 0 Å². The van der Waals surface area contributed by atoms with Crippen LogP contribution in [0.4, 0.5) is 4.39 Å². The van der Waals surface area contributed by atoms with Gasteiger partial charge in [-0.3, -0.25) is 14.4 Å². The number of halogens is 1. The van der Waals surface area contributed by atoms with E-state index in [4.69, 9.17) is 14.4 Å². The summed E-state index contributed by atoms with van der Waals surface area (Å²) in [7, 11) is -1.31. The van der Waals surface area contributed by atoms with Crippen molar-refractivity contribution < 1.29 is 23.5 Å². The van der Waals surface area contributed by atoms with Crippen molar-refractivity contribution in [3.05, 3.63) is 44.2 Å². The number of fused-ring (bicyclic) bond motifs is 1. The van der Waals surface area contributed by atoms with Crippen LogP contribution in [0.15, 0.2) is 21.7 Å². The lowest BCUT2D eigenvalue weighted by Gasteiger charge is -2.16. The molecular formula is C12H14FN3O6P+. The summed E-state index contributed by atoms with van der Waals surface area (Å²) in [4.78, 5) is 54.0. The third-order valence-corrected chi connectivity index (χ3v) is 2.82. The minimum absolute atomic E-state index is 0.131. The van der Waals surface area contributed by atoms with E-state index in [2.05, 4.69) is 9.97 Å². The second-order valence-electron chi connectivity index (χ2n) is 4.52. The highest BCUT2D eigenvalue weighted by atomic mass is 31.1. The highest BCUT2D eigenvalue weighted by Gasteiger charge is 2.11. The van der Waals surface area contributed by atoms with Gasteiger partial charge in [0.25, 0.3) is 0 Å². The molecular weight excluding hydrogens is 332 g/mol. The van der Waals surface area contributed by atoms with E-state index >= 15 is 0 Å². The Hall–Kier alpha value is -2.42. The van der Waals surface area contributed by atoms with Gasteiger partial charge in [-0.15, -0.1) is 9.79 Å². The fourth-order valence-electron chi connectivity index (χ4n) is 1.75. The van der Waals surface area contributed by atoms with E-state index in [1.165, 1.54) is 17.9 Å². The first-order valence-electron chi connectivity index (χ1n) is 6.13. The molecule has 0 saturated carbocycles. The van der Waals surface area contributed by atoms with Gasteiger partial charge in [0.15, 0.2) is 0 Å². The van der Waals surface area contributed by atoms with Crippen molar-refractivity contribution in [1.82, 2.24) is 14.9 Å². The second-order valence-corrected chi connectivity index (χ2v) is 5.03. The molecule has 9 nitrogen and oxygen atoms in total. The number of amides is 1. The second kappa shape index (κ2) is 7.73. The van der Waals surface area contributed by atoms with E-state index in [0.29, 0.717) is 11.1 Å². The van der Waals surface area contributed by atoms with Gasteiger partial charge < -0.3 is 14.9 Å². The van der Waals surface area contributed by atoms with E-state index in [-0.39, 0.29) is 18.0 Å². The zero-order valence-electron chi connectivity index (χ0n) is 12.2. The first-order chi connectivity index (χ1) is 10.6. The minimum atomic E-state index is -2.87. The largest absolute Gasteiger partial charge is 0.692 e. The molecule has 1 aromatic heterocycles. The van der Waals surface area contributed by atoms with Crippen molar-refractivity contribution >= 4 is 25.2 Å². The van der Waals surface area contributed by atoms with E-state index in [1.807, 2.05) is 0 Å². The van der Waals surface area contributed by atoms with Gasteiger partial charge in [-0.2, -0.15) is 0 Å². The number of aromatic nitrogens is 2. The normalized spacial score (nSPS) is 9.96. The van der Waals surface area contributed by atoms with Crippen molar-refractivity contribution in [2.24, 2.45) is 0 Å². The summed E-state index contributed by atoms with van der Waals surface area (Å²) in [6, 6.07) is 2.33. The zero-order chi connectivity index (χ0) is 17.7. The number of rotatable bonds is 2. The Morgan fingerprint density at radius 2 is 1.78 bits per heavy atom. The van der Waals surface area contributed by atoms with Gasteiger partial charge in [0, 0.05) is 30.6 Å². The number of nitrogens with one attached hydrogen (secondary N) is 2. The SMILES string of the molecule is CC(=O)N(C)Cc1cc(F)cc2[nH]c(=O)c(=O)[nH]c12.O=[P+](O)O. The monoisotopic (exact) mass is 346 g/mol. The molecule has 0 aliphatic carbocycles. The van der Waals surface area contributed by atoms with Gasteiger partial charge in [-0.25, -0.2) is 4.39 Å². The fourth-order valence-corrected chi connectivity index (χ4v) is 1.75. The molecule has 0 saturated heterocycles. The summed E-state index contributed by atoms with van der Waals surface area (Å²) < 4.78 is 22.2. The van der Waals surface area contributed by atoms with Gasteiger partial charge in [0.2, 0.25) is 5.91 Å². The average Bonchev–Trinajstić information content (AvgIpc) is 2.40. The van der Waals surface area contributed by atoms with Crippen LogP contribution in [0.1, 0.15) is 12.5 Å². The van der Waals surface area contributed by atoms with Crippen LogP contribution >= 0.6 is 8.25 Å². The number of carbonyl (C=O) groups is 1. The van der Waals surface area contributed by atoms with Gasteiger partial charge in [0.1, 0.15) is 5.82 Å². The van der Waals surface area contributed by atoms with Crippen LogP contribution in [0.5, 0.6) is 0 Å². The highest BCUT2D eigenvalue weighted by molar-refractivity contribution is 7.30. The maximum atomic E-state index is 13.5. The molecule has 0 fully saturated rings. The number of aromatic amines is 2. The molecule has 0 spiro atoms. The maximum absolute atomic E-state index is 13.5. The Kier molecular flexibility index (Phi) is 6.26. The summed E-state index contributed by atoms with van der Waals surface area (Å²) in [5.74, 6) is -0.744. The predicted octanol–water partition coefficient (Wildman–Crippen LogP) is -0.0378. The molecule has 124 valence electrons. The molecule has 23 heavy (non-hydrogen) atoms.